The summed E-state index contributed by atoms with van der Waals surface area (Å²) >= 11 is 0. The van der Waals surface area contributed by atoms with E-state index in [1.807, 2.05) is 25.1 Å². The number of aryl methyl sites for hydroxylation is 1. The number of carbonyl (C=O) groups is 2. The predicted molar refractivity (Wildman–Crippen MR) is 71.1 cm³/mol. The maximum Gasteiger partial charge on any atom is 0.326 e. The second-order valence-corrected chi connectivity index (χ2v) is 4.38. The van der Waals surface area contributed by atoms with E-state index in [1.165, 1.54) is 0 Å². The van der Waals surface area contributed by atoms with E-state index in [1.54, 1.807) is 19.9 Å². The van der Waals surface area contributed by atoms with Crippen LogP contribution < -0.4 is 10.1 Å². The highest BCUT2D eigenvalue weighted by molar-refractivity contribution is 5.86. The highest BCUT2D eigenvalue weighted by Gasteiger charge is 2.22. The second-order valence-electron chi connectivity index (χ2n) is 4.38. The summed E-state index contributed by atoms with van der Waals surface area (Å²) in [6.07, 6.45) is -0.409. The molecule has 1 aromatic rings. The fraction of sp³-hybridized carbons (Fsp3) is 0.429. The number of rotatable bonds is 6. The monoisotopic (exact) mass is 265 g/mol. The lowest BCUT2D eigenvalue weighted by Gasteiger charge is -2.18. The molecule has 0 saturated carbocycles. The van der Waals surface area contributed by atoms with Crippen LogP contribution in [0.2, 0.25) is 0 Å². The highest BCUT2D eigenvalue weighted by atomic mass is 16.5. The van der Waals surface area contributed by atoms with Crippen molar-refractivity contribution in [2.24, 2.45) is 0 Å². The summed E-state index contributed by atoms with van der Waals surface area (Å²) in [5.74, 6) is -0.889. The third-order valence-electron chi connectivity index (χ3n) is 2.69. The molecule has 5 nitrogen and oxygen atoms in total. The molecule has 0 radical (unpaired) electrons. The molecule has 5 heteroatoms. The number of ether oxygens (including phenoxy) is 1. The molecular formula is C14H19NO4. The molecule has 2 atom stereocenters. The topological polar surface area (TPSA) is 75.6 Å². The van der Waals surface area contributed by atoms with Crippen LogP contribution in [0.5, 0.6) is 5.75 Å². The molecule has 0 aliphatic rings. The van der Waals surface area contributed by atoms with Crippen LogP contribution in [-0.2, 0) is 9.59 Å². The lowest BCUT2D eigenvalue weighted by molar-refractivity contribution is -0.143. The smallest absolute Gasteiger partial charge is 0.326 e. The van der Waals surface area contributed by atoms with E-state index in [4.69, 9.17) is 9.84 Å². The molecule has 1 aromatic carbocycles. The van der Waals surface area contributed by atoms with Crippen LogP contribution in [0.4, 0.5) is 0 Å². The van der Waals surface area contributed by atoms with Gasteiger partial charge in [0.15, 0.2) is 6.10 Å². The van der Waals surface area contributed by atoms with Gasteiger partial charge in [-0.2, -0.15) is 0 Å². The number of carboxylic acids is 1. The van der Waals surface area contributed by atoms with Gasteiger partial charge in [-0.1, -0.05) is 19.1 Å². The van der Waals surface area contributed by atoms with Gasteiger partial charge in [-0.15, -0.1) is 0 Å². The molecule has 104 valence electrons. The van der Waals surface area contributed by atoms with E-state index in [9.17, 15) is 9.59 Å². The van der Waals surface area contributed by atoms with E-state index in [-0.39, 0.29) is 0 Å². The van der Waals surface area contributed by atoms with Crippen molar-refractivity contribution in [1.82, 2.24) is 5.32 Å². The zero-order valence-corrected chi connectivity index (χ0v) is 11.3. The first-order chi connectivity index (χ1) is 8.93. The maximum atomic E-state index is 11.8. The van der Waals surface area contributed by atoms with Gasteiger partial charge in [0.05, 0.1) is 0 Å². The van der Waals surface area contributed by atoms with Crippen LogP contribution in [0.15, 0.2) is 24.3 Å². The third kappa shape index (κ3) is 4.62. The Labute approximate surface area is 112 Å². The average molecular weight is 265 g/mol. The van der Waals surface area contributed by atoms with Gasteiger partial charge in [-0.05, 0) is 38.0 Å². The average Bonchev–Trinajstić information content (AvgIpc) is 2.35. The van der Waals surface area contributed by atoms with Gasteiger partial charge < -0.3 is 15.2 Å². The van der Waals surface area contributed by atoms with Crippen molar-refractivity contribution < 1.29 is 19.4 Å². The third-order valence-corrected chi connectivity index (χ3v) is 2.69. The van der Waals surface area contributed by atoms with Crippen LogP contribution in [0, 0.1) is 6.92 Å². The first kappa shape index (κ1) is 15.0. The molecule has 1 rings (SSSR count). The summed E-state index contributed by atoms with van der Waals surface area (Å²) in [5.41, 5.74) is 1.03. The summed E-state index contributed by atoms with van der Waals surface area (Å²) in [7, 11) is 0. The van der Waals surface area contributed by atoms with Gasteiger partial charge >= 0.3 is 5.97 Å². The van der Waals surface area contributed by atoms with E-state index < -0.39 is 24.0 Å². The molecule has 19 heavy (non-hydrogen) atoms. The van der Waals surface area contributed by atoms with E-state index >= 15 is 0 Å². The van der Waals surface area contributed by atoms with E-state index in [0.29, 0.717) is 12.2 Å². The number of carboxylic acid groups (broad SMARTS) is 1. The Kier molecular flexibility index (Phi) is 5.36. The SMILES string of the molecule is CCC(NC(=O)C(C)Oc1cccc(C)c1)C(=O)O. The Morgan fingerprint density at radius 1 is 1.42 bits per heavy atom. The lowest BCUT2D eigenvalue weighted by atomic mass is 10.2. The van der Waals surface area contributed by atoms with Gasteiger partial charge in [-0.25, -0.2) is 4.79 Å². The molecule has 2 N–H and O–H groups in total. The number of benzene rings is 1. The summed E-state index contributed by atoms with van der Waals surface area (Å²) in [4.78, 5) is 22.6. The standard InChI is InChI=1S/C14H19NO4/c1-4-12(14(17)18)15-13(16)10(3)19-11-7-5-6-9(2)8-11/h5-8,10,12H,4H2,1-3H3,(H,15,16)(H,17,18). The minimum absolute atomic E-state index is 0.332. The van der Waals surface area contributed by atoms with Crippen molar-refractivity contribution in [3.8, 4) is 5.75 Å². The minimum atomic E-state index is -1.04. The normalized spacial score (nSPS) is 13.4. The Bertz CT molecular complexity index is 459. The highest BCUT2D eigenvalue weighted by Crippen LogP contribution is 2.14. The minimum Gasteiger partial charge on any atom is -0.481 e. The first-order valence-electron chi connectivity index (χ1n) is 6.20. The van der Waals surface area contributed by atoms with E-state index in [2.05, 4.69) is 5.32 Å². The van der Waals surface area contributed by atoms with Crippen molar-refractivity contribution >= 4 is 11.9 Å². The maximum absolute atomic E-state index is 11.8. The van der Waals surface area contributed by atoms with Crippen molar-refractivity contribution in [1.29, 1.82) is 0 Å². The van der Waals surface area contributed by atoms with Crippen LogP contribution >= 0.6 is 0 Å². The molecule has 0 bridgehead atoms. The number of hydrogen-bond acceptors (Lipinski definition) is 3. The molecule has 2 unspecified atom stereocenters. The summed E-state index contributed by atoms with van der Waals surface area (Å²) in [5, 5.41) is 11.3. The number of hydrogen-bond donors (Lipinski definition) is 2. The van der Waals surface area contributed by atoms with Crippen LogP contribution in [0.1, 0.15) is 25.8 Å². The van der Waals surface area contributed by atoms with Crippen molar-refractivity contribution in [3.05, 3.63) is 29.8 Å². The number of carbonyl (C=O) groups excluding carboxylic acids is 1. The molecule has 0 aliphatic heterocycles. The summed E-state index contributed by atoms with van der Waals surface area (Å²) in [6, 6.07) is 6.45. The number of aliphatic carboxylic acids is 1. The molecule has 0 fully saturated rings. The summed E-state index contributed by atoms with van der Waals surface area (Å²) in [6.45, 7) is 5.21. The summed E-state index contributed by atoms with van der Waals surface area (Å²) < 4.78 is 5.48. The Morgan fingerprint density at radius 3 is 2.63 bits per heavy atom. The van der Waals surface area contributed by atoms with Gasteiger partial charge in [0.1, 0.15) is 11.8 Å². The van der Waals surface area contributed by atoms with Crippen molar-refractivity contribution in [3.63, 3.8) is 0 Å². The molecule has 1 amide bonds. The second kappa shape index (κ2) is 6.78. The Hall–Kier alpha value is -2.04. The van der Waals surface area contributed by atoms with Gasteiger partial charge in [-0.3, -0.25) is 4.79 Å². The quantitative estimate of drug-likeness (QED) is 0.821. The lowest BCUT2D eigenvalue weighted by Crippen LogP contribution is -2.45. The molecule has 0 heterocycles. The Morgan fingerprint density at radius 2 is 2.11 bits per heavy atom. The van der Waals surface area contributed by atoms with Gasteiger partial charge in [0.25, 0.3) is 5.91 Å². The van der Waals surface area contributed by atoms with Crippen LogP contribution in [0.25, 0.3) is 0 Å². The fourth-order valence-corrected chi connectivity index (χ4v) is 1.57. The Balaban J connectivity index is 2.60. The predicted octanol–water partition coefficient (Wildman–Crippen LogP) is 1.74. The van der Waals surface area contributed by atoms with Crippen LogP contribution in [-0.4, -0.2) is 29.1 Å². The largest absolute Gasteiger partial charge is 0.481 e. The van der Waals surface area contributed by atoms with Gasteiger partial charge in [0.2, 0.25) is 0 Å². The van der Waals surface area contributed by atoms with Crippen LogP contribution in [0.3, 0.4) is 0 Å². The number of amides is 1. The fourth-order valence-electron chi connectivity index (χ4n) is 1.57. The van der Waals surface area contributed by atoms with E-state index in [0.717, 1.165) is 5.56 Å². The van der Waals surface area contributed by atoms with Crippen molar-refractivity contribution in [2.45, 2.75) is 39.3 Å². The molecule has 0 saturated heterocycles. The molecular weight excluding hydrogens is 246 g/mol. The number of nitrogens with one attached hydrogen (secondary N) is 1. The van der Waals surface area contributed by atoms with Gasteiger partial charge in [0, 0.05) is 0 Å². The van der Waals surface area contributed by atoms with Crippen molar-refractivity contribution in [2.75, 3.05) is 0 Å². The zero-order chi connectivity index (χ0) is 14.4. The molecule has 0 aliphatic carbocycles. The molecule has 0 aromatic heterocycles. The zero-order valence-electron chi connectivity index (χ0n) is 11.3. The first-order valence-corrected chi connectivity index (χ1v) is 6.20. The molecule has 0 spiro atoms.